The number of sulfonamides is 1. The molecule has 0 radical (unpaired) electrons. The van der Waals surface area contributed by atoms with Gasteiger partial charge in [-0.25, -0.2) is 27.2 Å². The quantitative estimate of drug-likeness (QED) is 0.225. The number of aromatic nitrogens is 4. The number of halogens is 2. The number of nitrogens with one attached hydrogen (secondary N) is 3. The lowest BCUT2D eigenvalue weighted by Crippen LogP contribution is -2.59. The second-order valence-electron chi connectivity index (χ2n) is 17.5. The maximum Gasteiger partial charge on any atom is 0.316 e. The first-order valence-electron chi connectivity index (χ1n) is 20.7. The minimum Gasteiger partial charge on any atom is -0.471 e. The van der Waals surface area contributed by atoms with Crippen LogP contribution >= 0.6 is 0 Å². The van der Waals surface area contributed by atoms with E-state index in [2.05, 4.69) is 33.0 Å². The van der Waals surface area contributed by atoms with E-state index >= 15 is 0 Å². The average Bonchev–Trinajstić information content (AvgIpc) is 4.10. The first-order chi connectivity index (χ1) is 28.6. The van der Waals surface area contributed by atoms with Gasteiger partial charge in [0, 0.05) is 18.4 Å². The molecule has 5 atom stereocenters. The second kappa shape index (κ2) is 16.3. The summed E-state index contributed by atoms with van der Waals surface area (Å²) in [7, 11) is -4.13. The van der Waals surface area contributed by atoms with Gasteiger partial charge in [0.1, 0.15) is 29.4 Å². The molecule has 2 aromatic heterocycles. The normalized spacial score (nSPS) is 25.3. The molecule has 320 valence electrons. The molecule has 4 aromatic rings. The Labute approximate surface area is 346 Å². The molecule has 3 amide bonds. The average molecular weight is 849 g/mol. The molecule has 4 heterocycles. The fourth-order valence-electron chi connectivity index (χ4n) is 8.19. The van der Waals surface area contributed by atoms with Gasteiger partial charge in [-0.3, -0.25) is 19.1 Å². The van der Waals surface area contributed by atoms with Crippen molar-refractivity contribution in [3.05, 3.63) is 60.0 Å². The summed E-state index contributed by atoms with van der Waals surface area (Å²) in [4.78, 5) is 54.0. The van der Waals surface area contributed by atoms with Gasteiger partial charge < -0.3 is 24.7 Å². The third kappa shape index (κ3) is 8.79. The summed E-state index contributed by atoms with van der Waals surface area (Å²) in [6.45, 7) is 5.34. The van der Waals surface area contributed by atoms with E-state index in [4.69, 9.17) is 19.1 Å². The van der Waals surface area contributed by atoms with Crippen LogP contribution in [0.5, 0.6) is 5.88 Å². The van der Waals surface area contributed by atoms with E-state index in [9.17, 15) is 31.6 Å². The van der Waals surface area contributed by atoms with Crippen molar-refractivity contribution < 1.29 is 40.7 Å². The molecule has 15 nitrogen and oxygen atoms in total. The van der Waals surface area contributed by atoms with E-state index in [-0.39, 0.29) is 24.9 Å². The lowest BCUT2D eigenvalue weighted by Gasteiger charge is -2.35. The van der Waals surface area contributed by atoms with Gasteiger partial charge in [-0.2, -0.15) is 0 Å². The molecule has 60 heavy (non-hydrogen) atoms. The SMILES string of the molecule is CC(C)(C)[C@@H]1Nc2nnc(o2)CCCCCCCc2cccc(c2)-c2nc3ccccc3nc2O[C@@H]2C[C@@H](C(=O)N[C@]3(C(=O)NS(=O)(=O)C4CC4)C[C@H]3C(F)F)N(C2)C1=O. The number of fused-ring (bicyclic) bond motifs is 9. The van der Waals surface area contributed by atoms with Crippen molar-refractivity contribution in [1.82, 2.24) is 35.1 Å². The molecule has 3 N–H and O–H groups in total. The summed E-state index contributed by atoms with van der Waals surface area (Å²) in [5.74, 6) is -3.74. The summed E-state index contributed by atoms with van der Waals surface area (Å²) in [5, 5.41) is 13.1. The number of ether oxygens (including phenoxy) is 1. The molecule has 18 heteroatoms. The Morgan fingerprint density at radius 3 is 2.38 bits per heavy atom. The first kappa shape index (κ1) is 41.5. The lowest BCUT2D eigenvalue weighted by atomic mass is 9.85. The maximum atomic E-state index is 14.9. The van der Waals surface area contributed by atoms with Crippen LogP contribution in [0.15, 0.2) is 52.9 Å². The third-order valence-corrected chi connectivity index (χ3v) is 13.7. The van der Waals surface area contributed by atoms with Crippen LogP contribution in [0.1, 0.15) is 90.0 Å². The highest BCUT2D eigenvalue weighted by atomic mass is 32.2. The van der Waals surface area contributed by atoms with Gasteiger partial charge >= 0.3 is 6.01 Å². The molecule has 3 fully saturated rings. The monoisotopic (exact) mass is 848 g/mol. The number of hydrogen-bond donors (Lipinski definition) is 3. The fourth-order valence-corrected chi connectivity index (χ4v) is 9.55. The summed E-state index contributed by atoms with van der Waals surface area (Å²) in [6, 6.07) is 13.0. The number of anilines is 1. The number of benzene rings is 2. The minimum atomic E-state index is -4.13. The zero-order valence-electron chi connectivity index (χ0n) is 33.8. The number of nitrogens with zero attached hydrogens (tertiary/aromatic N) is 5. The van der Waals surface area contributed by atoms with Crippen molar-refractivity contribution in [2.75, 3.05) is 11.9 Å². The highest BCUT2D eigenvalue weighted by molar-refractivity contribution is 7.91. The van der Waals surface area contributed by atoms with Crippen LogP contribution in [0.2, 0.25) is 0 Å². The molecule has 0 spiro atoms. The van der Waals surface area contributed by atoms with E-state index in [1.165, 1.54) is 4.90 Å². The molecule has 2 aromatic carbocycles. The van der Waals surface area contributed by atoms with E-state index in [0.29, 0.717) is 41.9 Å². The number of hydrogen-bond acceptors (Lipinski definition) is 12. The van der Waals surface area contributed by atoms with Gasteiger partial charge in [0.25, 0.3) is 5.91 Å². The van der Waals surface area contributed by atoms with Gasteiger partial charge in [0.2, 0.25) is 40.0 Å². The molecule has 4 aliphatic rings. The van der Waals surface area contributed by atoms with E-state index in [1.807, 2.05) is 55.8 Å². The number of amides is 3. The van der Waals surface area contributed by atoms with E-state index < -0.39 is 80.9 Å². The van der Waals surface area contributed by atoms with Crippen molar-refractivity contribution in [3.63, 3.8) is 0 Å². The summed E-state index contributed by atoms with van der Waals surface area (Å²) >= 11 is 0. The minimum absolute atomic E-state index is 0.0240. The maximum absolute atomic E-state index is 14.9. The largest absolute Gasteiger partial charge is 0.471 e. The highest BCUT2D eigenvalue weighted by Gasteiger charge is 2.67. The molecule has 8 rings (SSSR count). The Balaban J connectivity index is 1.16. The van der Waals surface area contributed by atoms with Crippen LogP contribution in [0.25, 0.3) is 22.3 Å². The molecular formula is C42H50F2N8O7S. The number of aryl methyl sites for hydroxylation is 2. The van der Waals surface area contributed by atoms with Gasteiger partial charge in [-0.05, 0) is 67.7 Å². The van der Waals surface area contributed by atoms with Crippen molar-refractivity contribution in [1.29, 1.82) is 0 Å². The summed E-state index contributed by atoms with van der Waals surface area (Å²) < 4.78 is 68.6. The predicted octanol–water partition coefficient (Wildman–Crippen LogP) is 5.35. The Morgan fingerprint density at radius 1 is 0.967 bits per heavy atom. The van der Waals surface area contributed by atoms with Gasteiger partial charge in [0.15, 0.2) is 0 Å². The lowest BCUT2D eigenvalue weighted by molar-refractivity contribution is -0.141. The zero-order chi connectivity index (χ0) is 42.4. The van der Waals surface area contributed by atoms with Gasteiger partial charge in [-0.1, -0.05) is 75.5 Å². The topological polar surface area (TPSA) is 199 Å². The molecule has 2 saturated carbocycles. The standard InChI is InChI=1S/C42H50F2N8O7S/c1-41(2,3)34-38(54)52-23-26(21-31(52)36(53)48-42(22-28(42)35(43)44)39(55)51-60(56,57)27-18-19-27)58-37-33(45-29-15-9-10-16-30(29)46-37)25-14-11-13-24(20-25)12-7-5-4-6-8-17-32-49-50-40(47-34)59-32/h9-11,13-16,20,26-28,31,34-35H,4-8,12,17-19,21-23H2,1-3H3,(H,47,50)(H,48,53)(H,51,55)/t26-,28+,31+,34-,42-/m1/s1. The van der Waals surface area contributed by atoms with Crippen LogP contribution in [-0.4, -0.2) is 93.2 Å². The second-order valence-corrected chi connectivity index (χ2v) is 19.5. The molecule has 2 aliphatic carbocycles. The van der Waals surface area contributed by atoms with Crippen LogP contribution in [-0.2, 0) is 37.2 Å². The number of carbonyl (C=O) groups excluding carboxylic acids is 3. The van der Waals surface area contributed by atoms with Crippen LogP contribution < -0.4 is 20.1 Å². The van der Waals surface area contributed by atoms with Crippen LogP contribution in [0.4, 0.5) is 14.8 Å². The fraction of sp³-hybridized carbons (Fsp3) is 0.548. The van der Waals surface area contributed by atoms with Gasteiger partial charge in [0.05, 0.1) is 28.7 Å². The van der Waals surface area contributed by atoms with Crippen molar-refractivity contribution in [2.45, 2.75) is 127 Å². The Morgan fingerprint density at radius 2 is 1.68 bits per heavy atom. The Kier molecular flexibility index (Phi) is 11.3. The van der Waals surface area contributed by atoms with Crippen LogP contribution in [0, 0.1) is 11.3 Å². The van der Waals surface area contributed by atoms with E-state index in [0.717, 1.165) is 49.7 Å². The van der Waals surface area contributed by atoms with Crippen molar-refractivity contribution in [2.24, 2.45) is 11.3 Å². The number of carbonyl (C=O) groups is 3. The predicted molar refractivity (Wildman–Crippen MR) is 216 cm³/mol. The Hall–Kier alpha value is -5.26. The smallest absolute Gasteiger partial charge is 0.316 e. The van der Waals surface area contributed by atoms with Crippen molar-refractivity contribution in [3.8, 4) is 17.1 Å². The van der Waals surface area contributed by atoms with E-state index in [1.54, 1.807) is 6.07 Å². The first-order valence-corrected chi connectivity index (χ1v) is 22.2. The van der Waals surface area contributed by atoms with Gasteiger partial charge in [-0.15, -0.1) is 5.10 Å². The summed E-state index contributed by atoms with van der Waals surface area (Å²) in [6.07, 6.45) is 2.47. The molecule has 1 saturated heterocycles. The molecule has 0 unspecified atom stereocenters. The zero-order valence-corrected chi connectivity index (χ0v) is 34.6. The Bertz CT molecular complexity index is 2390. The molecule has 6 bridgehead atoms. The number of para-hydroxylation sites is 2. The third-order valence-electron chi connectivity index (χ3n) is 11.8. The number of alkyl halides is 2. The summed E-state index contributed by atoms with van der Waals surface area (Å²) in [5.41, 5.74) is 0.567. The van der Waals surface area contributed by atoms with Crippen LogP contribution in [0.3, 0.4) is 0 Å². The highest BCUT2D eigenvalue weighted by Crippen LogP contribution is 2.48. The molecule has 2 aliphatic heterocycles. The molecular weight excluding hydrogens is 799 g/mol. The van der Waals surface area contributed by atoms with Crippen molar-refractivity contribution >= 4 is 44.8 Å². The number of rotatable bonds is 6.